The predicted molar refractivity (Wildman–Crippen MR) is 62.9 cm³/mol. The van der Waals surface area contributed by atoms with Crippen molar-refractivity contribution >= 4 is 5.69 Å². The van der Waals surface area contributed by atoms with E-state index < -0.39 is 0 Å². The fraction of sp³-hybridized carbons (Fsp3) is 0.417. The third-order valence-electron chi connectivity index (χ3n) is 2.37. The summed E-state index contributed by atoms with van der Waals surface area (Å²) < 4.78 is 12.9. The van der Waals surface area contributed by atoms with E-state index in [1.165, 1.54) is 12.1 Å². The zero-order valence-electron chi connectivity index (χ0n) is 9.87. The number of nitrogens with zero attached hydrogens (tertiary/aromatic N) is 3. The first-order valence-electron chi connectivity index (χ1n) is 5.10. The van der Waals surface area contributed by atoms with Crippen LogP contribution in [0.15, 0.2) is 18.2 Å². The Morgan fingerprint density at radius 3 is 2.50 bits per heavy atom. The maximum absolute atomic E-state index is 12.9. The summed E-state index contributed by atoms with van der Waals surface area (Å²) >= 11 is 0. The minimum atomic E-state index is -0.374. The van der Waals surface area contributed by atoms with Gasteiger partial charge in [-0.05, 0) is 32.3 Å². The third kappa shape index (κ3) is 3.21. The van der Waals surface area contributed by atoms with Crippen molar-refractivity contribution in [3.63, 3.8) is 0 Å². The molecule has 0 aliphatic rings. The molecule has 0 aromatic heterocycles. The molecule has 0 heterocycles. The van der Waals surface area contributed by atoms with E-state index in [9.17, 15) is 4.39 Å². The normalized spacial score (nSPS) is 10.2. The van der Waals surface area contributed by atoms with Crippen LogP contribution >= 0.6 is 0 Å². The smallest absolute Gasteiger partial charge is 0.124 e. The predicted octanol–water partition coefficient (Wildman–Crippen LogP) is 1.70. The van der Waals surface area contributed by atoms with Gasteiger partial charge in [0.2, 0.25) is 0 Å². The molecule has 1 aromatic carbocycles. The van der Waals surface area contributed by atoms with E-state index in [4.69, 9.17) is 5.26 Å². The Morgan fingerprint density at radius 2 is 1.94 bits per heavy atom. The van der Waals surface area contributed by atoms with Crippen molar-refractivity contribution in [3.8, 4) is 6.07 Å². The molecule has 0 spiro atoms. The van der Waals surface area contributed by atoms with Gasteiger partial charge in [-0.25, -0.2) is 4.39 Å². The average Bonchev–Trinajstić information content (AvgIpc) is 2.25. The highest BCUT2D eigenvalue weighted by Crippen LogP contribution is 2.19. The van der Waals surface area contributed by atoms with Gasteiger partial charge in [0.05, 0.1) is 11.3 Å². The van der Waals surface area contributed by atoms with Crippen LogP contribution < -0.4 is 4.90 Å². The van der Waals surface area contributed by atoms with Crippen molar-refractivity contribution in [2.75, 3.05) is 39.1 Å². The van der Waals surface area contributed by atoms with Gasteiger partial charge in [-0.1, -0.05) is 0 Å². The molecule has 16 heavy (non-hydrogen) atoms. The Hall–Kier alpha value is -1.60. The highest BCUT2D eigenvalue weighted by atomic mass is 19.1. The number of benzene rings is 1. The summed E-state index contributed by atoms with van der Waals surface area (Å²) in [5, 5.41) is 8.92. The van der Waals surface area contributed by atoms with Crippen LogP contribution in [-0.2, 0) is 0 Å². The summed E-state index contributed by atoms with van der Waals surface area (Å²) in [6.07, 6.45) is 0. The maximum Gasteiger partial charge on any atom is 0.124 e. The maximum atomic E-state index is 12.9. The molecule has 0 saturated carbocycles. The monoisotopic (exact) mass is 221 g/mol. The van der Waals surface area contributed by atoms with Crippen molar-refractivity contribution in [2.45, 2.75) is 0 Å². The van der Waals surface area contributed by atoms with Gasteiger partial charge in [-0.3, -0.25) is 0 Å². The lowest BCUT2D eigenvalue weighted by Crippen LogP contribution is -2.28. The van der Waals surface area contributed by atoms with Gasteiger partial charge in [0.25, 0.3) is 0 Å². The molecular formula is C12H16FN3. The lowest BCUT2D eigenvalue weighted by atomic mass is 10.1. The molecule has 4 heteroatoms. The summed E-state index contributed by atoms with van der Waals surface area (Å²) in [6, 6.07) is 6.29. The Bertz CT molecular complexity index is 396. The van der Waals surface area contributed by atoms with Crippen molar-refractivity contribution in [1.82, 2.24) is 4.90 Å². The first-order valence-corrected chi connectivity index (χ1v) is 5.10. The first-order chi connectivity index (χ1) is 7.54. The molecule has 0 aliphatic carbocycles. The lowest BCUT2D eigenvalue weighted by Gasteiger charge is -2.22. The SMILES string of the molecule is CN(C)CCN(C)c1ccc(F)cc1C#N. The van der Waals surface area contributed by atoms with E-state index in [-0.39, 0.29) is 5.82 Å². The van der Waals surface area contributed by atoms with Crippen LogP contribution in [0.2, 0.25) is 0 Å². The van der Waals surface area contributed by atoms with Crippen LogP contribution in [-0.4, -0.2) is 39.1 Å². The number of hydrogen-bond acceptors (Lipinski definition) is 3. The van der Waals surface area contributed by atoms with Crippen LogP contribution in [0.1, 0.15) is 5.56 Å². The van der Waals surface area contributed by atoms with E-state index in [2.05, 4.69) is 4.90 Å². The fourth-order valence-corrected chi connectivity index (χ4v) is 1.40. The van der Waals surface area contributed by atoms with Crippen LogP contribution in [0.25, 0.3) is 0 Å². The van der Waals surface area contributed by atoms with Crippen molar-refractivity contribution in [3.05, 3.63) is 29.6 Å². The lowest BCUT2D eigenvalue weighted by molar-refractivity contribution is 0.416. The van der Waals surface area contributed by atoms with Gasteiger partial charge in [0.15, 0.2) is 0 Å². The summed E-state index contributed by atoms with van der Waals surface area (Å²) in [5.41, 5.74) is 1.15. The molecule has 3 nitrogen and oxygen atoms in total. The van der Waals surface area contributed by atoms with Crippen LogP contribution in [0.3, 0.4) is 0 Å². The van der Waals surface area contributed by atoms with Gasteiger partial charge < -0.3 is 9.80 Å². The zero-order chi connectivity index (χ0) is 12.1. The third-order valence-corrected chi connectivity index (χ3v) is 2.37. The van der Waals surface area contributed by atoms with Crippen molar-refractivity contribution in [1.29, 1.82) is 5.26 Å². The molecule has 86 valence electrons. The number of hydrogen-bond donors (Lipinski definition) is 0. The van der Waals surface area contributed by atoms with E-state index in [0.29, 0.717) is 5.56 Å². The highest BCUT2D eigenvalue weighted by molar-refractivity contribution is 5.58. The molecule has 0 fully saturated rings. The second-order valence-corrected chi connectivity index (χ2v) is 4.00. The second kappa shape index (κ2) is 5.47. The molecule has 0 amide bonds. The first kappa shape index (κ1) is 12.5. The standard InChI is InChI=1S/C12H16FN3/c1-15(2)6-7-16(3)12-5-4-11(13)8-10(12)9-14/h4-5,8H,6-7H2,1-3H3. The largest absolute Gasteiger partial charge is 0.372 e. The zero-order valence-corrected chi connectivity index (χ0v) is 9.87. The van der Waals surface area contributed by atoms with Crippen molar-refractivity contribution < 1.29 is 4.39 Å². The second-order valence-electron chi connectivity index (χ2n) is 4.00. The van der Waals surface area contributed by atoms with Gasteiger partial charge in [-0.2, -0.15) is 5.26 Å². The molecule has 0 N–H and O–H groups in total. The summed E-state index contributed by atoms with van der Waals surface area (Å²) in [7, 11) is 5.88. The molecule has 0 saturated heterocycles. The Labute approximate surface area is 95.7 Å². The summed E-state index contributed by atoms with van der Waals surface area (Å²) in [6.45, 7) is 1.69. The Kier molecular flexibility index (Phi) is 4.27. The minimum absolute atomic E-state index is 0.374. The van der Waals surface area contributed by atoms with Crippen LogP contribution in [0.5, 0.6) is 0 Å². The van der Waals surface area contributed by atoms with Gasteiger partial charge in [-0.15, -0.1) is 0 Å². The van der Waals surface area contributed by atoms with Crippen molar-refractivity contribution in [2.24, 2.45) is 0 Å². The molecule has 0 radical (unpaired) electrons. The highest BCUT2D eigenvalue weighted by Gasteiger charge is 2.08. The van der Waals surface area contributed by atoms with Gasteiger partial charge in [0, 0.05) is 20.1 Å². The summed E-state index contributed by atoms with van der Waals surface area (Å²) in [4.78, 5) is 4.02. The quantitative estimate of drug-likeness (QED) is 0.775. The molecule has 0 aliphatic heterocycles. The number of rotatable bonds is 4. The van der Waals surface area contributed by atoms with Gasteiger partial charge >= 0.3 is 0 Å². The number of anilines is 1. The number of halogens is 1. The minimum Gasteiger partial charge on any atom is -0.372 e. The number of likely N-dealkylation sites (N-methyl/N-ethyl adjacent to an activating group) is 2. The molecule has 0 atom stereocenters. The summed E-state index contributed by atoms with van der Waals surface area (Å²) in [5.74, 6) is -0.374. The Balaban J connectivity index is 2.83. The number of nitriles is 1. The molecule has 1 aromatic rings. The average molecular weight is 221 g/mol. The fourth-order valence-electron chi connectivity index (χ4n) is 1.40. The van der Waals surface area contributed by atoms with Crippen LogP contribution in [0.4, 0.5) is 10.1 Å². The van der Waals surface area contributed by atoms with Gasteiger partial charge in [0.1, 0.15) is 11.9 Å². The molecular weight excluding hydrogens is 205 g/mol. The topological polar surface area (TPSA) is 30.3 Å². The Morgan fingerprint density at radius 1 is 1.25 bits per heavy atom. The van der Waals surface area contributed by atoms with Crippen LogP contribution in [0, 0.1) is 17.1 Å². The van der Waals surface area contributed by atoms with E-state index in [1.54, 1.807) is 6.07 Å². The molecule has 0 unspecified atom stereocenters. The van der Waals surface area contributed by atoms with E-state index in [1.807, 2.05) is 32.1 Å². The van der Waals surface area contributed by atoms with E-state index in [0.717, 1.165) is 18.8 Å². The van der Waals surface area contributed by atoms with E-state index >= 15 is 0 Å². The molecule has 1 rings (SSSR count). The molecule has 0 bridgehead atoms.